The first-order chi connectivity index (χ1) is 5.25. The lowest BCUT2D eigenvalue weighted by Gasteiger charge is -2.11. The van der Waals surface area contributed by atoms with E-state index < -0.39 is 11.8 Å². The van der Waals surface area contributed by atoms with E-state index >= 15 is 0 Å². The highest BCUT2D eigenvalue weighted by molar-refractivity contribution is 6.12. The van der Waals surface area contributed by atoms with Crippen LogP contribution in [0.1, 0.15) is 0 Å². The van der Waals surface area contributed by atoms with E-state index in [9.17, 15) is 14.4 Å². The molecule has 5 heteroatoms. The zero-order valence-corrected chi connectivity index (χ0v) is 5.61. The lowest BCUT2D eigenvalue weighted by molar-refractivity contribution is -0.140. The van der Waals surface area contributed by atoms with Crippen LogP contribution in [0, 0.1) is 0 Å². The third kappa shape index (κ3) is 1.50. The third-order valence-electron chi connectivity index (χ3n) is 1.14. The molecule has 1 aliphatic heterocycles. The first-order valence-electron chi connectivity index (χ1n) is 2.99. The van der Waals surface area contributed by atoms with Crippen LogP contribution in [0.15, 0.2) is 12.2 Å². The van der Waals surface area contributed by atoms with Gasteiger partial charge in [0.25, 0.3) is 11.8 Å². The van der Waals surface area contributed by atoms with Crippen molar-refractivity contribution in [3.8, 4) is 0 Å². The van der Waals surface area contributed by atoms with Gasteiger partial charge in [0, 0.05) is 12.2 Å². The summed E-state index contributed by atoms with van der Waals surface area (Å²) in [6, 6.07) is 0. The van der Waals surface area contributed by atoms with Gasteiger partial charge >= 0.3 is 0 Å². The Morgan fingerprint density at radius 1 is 1.36 bits per heavy atom. The van der Waals surface area contributed by atoms with Gasteiger partial charge in [0.2, 0.25) is 0 Å². The highest BCUT2D eigenvalue weighted by Crippen LogP contribution is 1.97. The number of hydrogen-bond acceptors (Lipinski definition) is 4. The molecule has 0 saturated heterocycles. The summed E-state index contributed by atoms with van der Waals surface area (Å²) >= 11 is 0. The van der Waals surface area contributed by atoms with Crippen molar-refractivity contribution in [2.24, 2.45) is 0 Å². The van der Waals surface area contributed by atoms with Gasteiger partial charge in [-0.1, -0.05) is 0 Å². The second-order valence-electron chi connectivity index (χ2n) is 1.87. The van der Waals surface area contributed by atoms with E-state index in [4.69, 9.17) is 0 Å². The number of hydrazine groups is 1. The molecule has 2 amide bonds. The van der Waals surface area contributed by atoms with E-state index in [0.29, 0.717) is 6.29 Å². The number of amides is 2. The highest BCUT2D eigenvalue weighted by atomic mass is 16.2. The smallest absolute Gasteiger partial charge is 0.268 e. The van der Waals surface area contributed by atoms with Gasteiger partial charge in [0.05, 0.1) is 6.54 Å². The lowest BCUT2D eigenvalue weighted by atomic mass is 10.6. The number of carbonyl (C=O) groups excluding carboxylic acids is 3. The average Bonchev–Trinajstić information content (AvgIpc) is 2.29. The summed E-state index contributed by atoms with van der Waals surface area (Å²) in [5.41, 5.74) is 2.33. The number of hydrogen-bond donors (Lipinski definition) is 1. The molecule has 11 heavy (non-hydrogen) atoms. The number of carbonyl (C=O) groups is 3. The zero-order chi connectivity index (χ0) is 8.27. The molecular weight excluding hydrogens is 148 g/mol. The number of rotatable bonds is 3. The van der Waals surface area contributed by atoms with E-state index in [0.717, 1.165) is 17.2 Å². The maximum Gasteiger partial charge on any atom is 0.268 e. The molecule has 0 radical (unpaired) electrons. The molecule has 0 aliphatic carbocycles. The van der Waals surface area contributed by atoms with Gasteiger partial charge in [0.15, 0.2) is 0 Å². The summed E-state index contributed by atoms with van der Waals surface area (Å²) in [5, 5.41) is 0.786. The Kier molecular flexibility index (Phi) is 2.12. The number of aldehydes is 1. The van der Waals surface area contributed by atoms with Gasteiger partial charge in [-0.2, -0.15) is 0 Å². The Bertz CT molecular complexity index is 216. The summed E-state index contributed by atoms with van der Waals surface area (Å²) in [7, 11) is 0. The van der Waals surface area contributed by atoms with Gasteiger partial charge in [-0.15, -0.1) is 0 Å². The molecule has 1 N–H and O–H groups in total. The molecule has 0 spiro atoms. The Morgan fingerprint density at radius 3 is 2.36 bits per heavy atom. The maximum absolute atomic E-state index is 10.7. The van der Waals surface area contributed by atoms with Crippen LogP contribution in [0.4, 0.5) is 0 Å². The fraction of sp³-hybridized carbons (Fsp3) is 0.167. The van der Waals surface area contributed by atoms with Crippen molar-refractivity contribution in [3.63, 3.8) is 0 Å². The lowest BCUT2D eigenvalue weighted by Crippen LogP contribution is -2.43. The Balaban J connectivity index is 2.52. The van der Waals surface area contributed by atoms with Crippen molar-refractivity contribution < 1.29 is 14.4 Å². The van der Waals surface area contributed by atoms with Gasteiger partial charge in [0.1, 0.15) is 6.29 Å². The van der Waals surface area contributed by atoms with E-state index in [1.165, 1.54) is 0 Å². The minimum Gasteiger partial charge on any atom is -0.302 e. The second-order valence-corrected chi connectivity index (χ2v) is 1.87. The van der Waals surface area contributed by atoms with Crippen LogP contribution in [0.3, 0.4) is 0 Å². The topological polar surface area (TPSA) is 66.5 Å². The predicted octanol–water partition coefficient (Wildman–Crippen LogP) is -1.39. The highest BCUT2D eigenvalue weighted by Gasteiger charge is 2.22. The van der Waals surface area contributed by atoms with Gasteiger partial charge in [-0.25, -0.2) is 10.4 Å². The molecule has 0 aromatic carbocycles. The molecule has 0 aromatic rings. The Labute approximate surface area is 62.6 Å². The molecule has 0 fully saturated rings. The van der Waals surface area contributed by atoms with Crippen LogP contribution in [0.5, 0.6) is 0 Å². The van der Waals surface area contributed by atoms with Gasteiger partial charge in [-0.3, -0.25) is 9.59 Å². The number of imide groups is 1. The molecule has 5 nitrogen and oxygen atoms in total. The molecule has 58 valence electrons. The van der Waals surface area contributed by atoms with Crippen LogP contribution in [0.25, 0.3) is 0 Å². The molecule has 1 heterocycles. The minimum absolute atomic E-state index is 0.0425. The van der Waals surface area contributed by atoms with E-state index in [2.05, 4.69) is 5.43 Å². The molecule has 1 aliphatic rings. The van der Waals surface area contributed by atoms with Crippen LogP contribution < -0.4 is 5.43 Å². The molecule has 0 unspecified atom stereocenters. The first kappa shape index (κ1) is 7.62. The van der Waals surface area contributed by atoms with Crippen molar-refractivity contribution >= 4 is 18.1 Å². The van der Waals surface area contributed by atoms with Crippen molar-refractivity contribution in [1.29, 1.82) is 0 Å². The second kappa shape index (κ2) is 3.07. The Morgan fingerprint density at radius 2 is 1.91 bits per heavy atom. The van der Waals surface area contributed by atoms with Crippen molar-refractivity contribution in [1.82, 2.24) is 10.4 Å². The maximum atomic E-state index is 10.7. The van der Waals surface area contributed by atoms with Crippen molar-refractivity contribution in [2.45, 2.75) is 0 Å². The van der Waals surface area contributed by atoms with Crippen LogP contribution in [0.2, 0.25) is 0 Å². The monoisotopic (exact) mass is 154 g/mol. The summed E-state index contributed by atoms with van der Waals surface area (Å²) in [6.07, 6.45) is 2.85. The van der Waals surface area contributed by atoms with Crippen molar-refractivity contribution in [2.75, 3.05) is 6.54 Å². The van der Waals surface area contributed by atoms with E-state index in [1.54, 1.807) is 0 Å². The molecule has 0 atom stereocenters. The normalized spacial score (nSPS) is 16.2. The Hall–Kier alpha value is -1.49. The summed E-state index contributed by atoms with van der Waals surface area (Å²) < 4.78 is 0. The average molecular weight is 154 g/mol. The van der Waals surface area contributed by atoms with Gasteiger partial charge in [-0.05, 0) is 0 Å². The van der Waals surface area contributed by atoms with Crippen molar-refractivity contribution in [3.05, 3.63) is 12.2 Å². The van der Waals surface area contributed by atoms with Gasteiger partial charge < -0.3 is 4.79 Å². The summed E-state index contributed by atoms with van der Waals surface area (Å²) in [5.74, 6) is -0.895. The third-order valence-corrected chi connectivity index (χ3v) is 1.14. The van der Waals surface area contributed by atoms with E-state index in [-0.39, 0.29) is 6.54 Å². The summed E-state index contributed by atoms with van der Waals surface area (Å²) in [4.78, 5) is 31.3. The van der Waals surface area contributed by atoms with Crippen LogP contribution in [-0.4, -0.2) is 29.7 Å². The van der Waals surface area contributed by atoms with Crippen LogP contribution >= 0.6 is 0 Å². The number of nitrogens with zero attached hydrogens (tertiary/aromatic N) is 1. The van der Waals surface area contributed by atoms with E-state index in [1.807, 2.05) is 0 Å². The number of nitrogens with one attached hydrogen (secondary N) is 1. The molecule has 0 saturated carbocycles. The standard InChI is InChI=1S/C6H6N2O3/c9-4-3-7-8-5(10)1-2-6(8)11/h1-2,4,7H,3H2. The SMILES string of the molecule is O=CCNN1C(=O)C=CC1=O. The molecule has 0 bridgehead atoms. The minimum atomic E-state index is -0.447. The molecular formula is C6H6N2O3. The fourth-order valence-corrected chi connectivity index (χ4v) is 0.685. The predicted molar refractivity (Wildman–Crippen MR) is 35.1 cm³/mol. The first-order valence-corrected chi connectivity index (χ1v) is 2.99. The molecule has 1 rings (SSSR count). The summed E-state index contributed by atoms with van der Waals surface area (Å²) in [6.45, 7) is -0.0425. The quantitative estimate of drug-likeness (QED) is 0.401. The largest absolute Gasteiger partial charge is 0.302 e. The fourth-order valence-electron chi connectivity index (χ4n) is 0.685. The molecule has 0 aromatic heterocycles. The zero-order valence-electron chi connectivity index (χ0n) is 5.61. The van der Waals surface area contributed by atoms with Crippen LogP contribution in [-0.2, 0) is 14.4 Å².